The van der Waals surface area contributed by atoms with Gasteiger partial charge in [0.05, 0.1) is 5.92 Å². The summed E-state index contributed by atoms with van der Waals surface area (Å²) in [4.78, 5) is 15.7. The van der Waals surface area contributed by atoms with Gasteiger partial charge in [-0.2, -0.15) is 0 Å². The Morgan fingerprint density at radius 3 is 2.14 bits per heavy atom. The molecule has 0 amide bonds. The van der Waals surface area contributed by atoms with Crippen molar-refractivity contribution in [2.45, 2.75) is 18.4 Å². The molecule has 1 aliphatic rings. The summed E-state index contributed by atoms with van der Waals surface area (Å²) in [7, 11) is 0. The highest BCUT2D eigenvalue weighted by Gasteiger charge is 2.46. The molecule has 3 aromatic carbocycles. The first-order chi connectivity index (χ1) is 14.2. The molecule has 0 bridgehead atoms. The van der Waals surface area contributed by atoms with Crippen LogP contribution in [0.5, 0.6) is 0 Å². The van der Waals surface area contributed by atoms with Gasteiger partial charge in [0.15, 0.2) is 5.78 Å². The molecule has 4 rings (SSSR count). The molecule has 29 heavy (non-hydrogen) atoms. The zero-order valence-electron chi connectivity index (χ0n) is 16.6. The number of carbonyl (C=O) groups is 1. The number of piperidine rings is 1. The average Bonchev–Trinajstić information content (AvgIpc) is 2.80. The Kier molecular flexibility index (Phi) is 5.89. The fourth-order valence-electron chi connectivity index (χ4n) is 4.31. The Morgan fingerprint density at radius 1 is 0.897 bits per heavy atom. The number of likely N-dealkylation sites (tertiary alicyclic amines) is 1. The molecule has 0 radical (unpaired) electrons. The predicted octanol–water partition coefficient (Wildman–Crippen LogP) is 4.32. The first kappa shape index (κ1) is 19.6. The van der Waals surface area contributed by atoms with Gasteiger partial charge in [0.1, 0.15) is 5.60 Å². The lowest BCUT2D eigenvalue weighted by Gasteiger charge is -2.44. The van der Waals surface area contributed by atoms with Crippen LogP contribution in [0.15, 0.2) is 91.0 Å². The van der Waals surface area contributed by atoms with Crippen LogP contribution in [0.4, 0.5) is 0 Å². The molecule has 0 saturated carbocycles. The van der Waals surface area contributed by atoms with Crippen molar-refractivity contribution >= 4 is 5.78 Å². The van der Waals surface area contributed by atoms with Crippen molar-refractivity contribution in [2.75, 3.05) is 19.6 Å². The minimum Gasteiger partial charge on any atom is -0.384 e. The molecule has 1 heterocycles. The zero-order valence-corrected chi connectivity index (χ0v) is 16.6. The molecule has 2 unspecified atom stereocenters. The standard InChI is InChI=1S/C26H27NO2/c28-25(22-12-6-2-7-13-22)24-20-27(18-16-21-10-4-1-5-11-21)19-17-26(24,29)23-14-8-3-9-15-23/h1-15,24,29H,16-20H2. The minimum atomic E-state index is -1.14. The van der Waals surface area contributed by atoms with Crippen molar-refractivity contribution in [3.05, 3.63) is 108 Å². The van der Waals surface area contributed by atoms with E-state index in [0.29, 0.717) is 18.5 Å². The third-order valence-corrected chi connectivity index (χ3v) is 6.03. The summed E-state index contributed by atoms with van der Waals surface area (Å²) in [5.74, 6) is -0.474. The zero-order chi connectivity index (χ0) is 20.1. The molecule has 0 aromatic heterocycles. The summed E-state index contributed by atoms with van der Waals surface area (Å²) >= 11 is 0. The second kappa shape index (κ2) is 8.73. The number of aliphatic hydroxyl groups is 1. The van der Waals surface area contributed by atoms with E-state index in [1.165, 1.54) is 5.56 Å². The van der Waals surface area contributed by atoms with Gasteiger partial charge in [-0.25, -0.2) is 0 Å². The molecular weight excluding hydrogens is 358 g/mol. The van der Waals surface area contributed by atoms with Crippen LogP contribution in [0, 0.1) is 5.92 Å². The number of rotatable bonds is 6. The van der Waals surface area contributed by atoms with Gasteiger partial charge in [-0.15, -0.1) is 0 Å². The number of hydrogen-bond donors (Lipinski definition) is 1. The smallest absolute Gasteiger partial charge is 0.170 e. The molecule has 0 spiro atoms. The summed E-state index contributed by atoms with van der Waals surface area (Å²) in [6.45, 7) is 2.22. The normalized spacial score (nSPS) is 22.3. The van der Waals surface area contributed by atoms with E-state index in [-0.39, 0.29) is 5.78 Å². The lowest BCUT2D eigenvalue weighted by Crippen LogP contribution is -2.53. The molecular formula is C26H27NO2. The monoisotopic (exact) mass is 385 g/mol. The van der Waals surface area contributed by atoms with Gasteiger partial charge in [-0.05, 0) is 24.0 Å². The van der Waals surface area contributed by atoms with E-state index in [9.17, 15) is 9.90 Å². The van der Waals surface area contributed by atoms with Gasteiger partial charge >= 0.3 is 0 Å². The number of hydrogen-bond acceptors (Lipinski definition) is 3. The van der Waals surface area contributed by atoms with E-state index in [1.807, 2.05) is 66.7 Å². The molecule has 148 valence electrons. The Balaban J connectivity index is 1.58. The quantitative estimate of drug-likeness (QED) is 0.643. The molecule has 1 aliphatic heterocycles. The maximum absolute atomic E-state index is 13.4. The fraction of sp³-hybridized carbons (Fsp3) is 0.269. The van der Waals surface area contributed by atoms with Crippen molar-refractivity contribution in [1.29, 1.82) is 0 Å². The topological polar surface area (TPSA) is 40.5 Å². The first-order valence-electron chi connectivity index (χ1n) is 10.3. The SMILES string of the molecule is O=C(c1ccccc1)C1CN(CCc2ccccc2)CCC1(O)c1ccccc1. The third-order valence-electron chi connectivity index (χ3n) is 6.03. The molecule has 1 saturated heterocycles. The Labute approximate surface area is 172 Å². The lowest BCUT2D eigenvalue weighted by atomic mass is 9.72. The van der Waals surface area contributed by atoms with Gasteiger partial charge < -0.3 is 10.0 Å². The highest BCUT2D eigenvalue weighted by atomic mass is 16.3. The first-order valence-corrected chi connectivity index (χ1v) is 10.3. The van der Waals surface area contributed by atoms with Crippen LogP contribution in [0.25, 0.3) is 0 Å². The number of carbonyl (C=O) groups excluding carboxylic acids is 1. The number of nitrogens with zero attached hydrogens (tertiary/aromatic N) is 1. The predicted molar refractivity (Wildman–Crippen MR) is 116 cm³/mol. The van der Waals surface area contributed by atoms with Crippen LogP contribution in [0.1, 0.15) is 27.9 Å². The van der Waals surface area contributed by atoms with Crippen LogP contribution in [-0.2, 0) is 12.0 Å². The highest BCUT2D eigenvalue weighted by molar-refractivity contribution is 5.99. The van der Waals surface area contributed by atoms with Crippen LogP contribution in [-0.4, -0.2) is 35.4 Å². The summed E-state index contributed by atoms with van der Waals surface area (Å²) < 4.78 is 0. The largest absolute Gasteiger partial charge is 0.384 e. The van der Waals surface area contributed by atoms with Gasteiger partial charge in [-0.1, -0.05) is 91.0 Å². The second-order valence-corrected chi connectivity index (χ2v) is 7.86. The van der Waals surface area contributed by atoms with Crippen molar-refractivity contribution in [2.24, 2.45) is 5.92 Å². The number of benzene rings is 3. The molecule has 1 fully saturated rings. The van der Waals surface area contributed by atoms with Crippen LogP contribution in [0.2, 0.25) is 0 Å². The number of ketones is 1. The molecule has 3 nitrogen and oxygen atoms in total. The lowest BCUT2D eigenvalue weighted by molar-refractivity contribution is -0.0639. The van der Waals surface area contributed by atoms with E-state index in [4.69, 9.17) is 0 Å². The molecule has 3 aromatic rings. The molecule has 1 N–H and O–H groups in total. The van der Waals surface area contributed by atoms with E-state index in [2.05, 4.69) is 29.2 Å². The van der Waals surface area contributed by atoms with Gasteiger partial charge in [0.25, 0.3) is 0 Å². The summed E-state index contributed by atoms with van der Waals surface area (Å²) in [6, 6.07) is 29.4. The molecule has 3 heteroatoms. The van der Waals surface area contributed by atoms with E-state index >= 15 is 0 Å². The van der Waals surface area contributed by atoms with Crippen molar-refractivity contribution in [1.82, 2.24) is 4.90 Å². The Morgan fingerprint density at radius 2 is 1.48 bits per heavy atom. The molecule has 0 aliphatic carbocycles. The maximum atomic E-state index is 13.4. The fourth-order valence-corrected chi connectivity index (χ4v) is 4.31. The summed E-state index contributed by atoms with van der Waals surface area (Å²) in [5, 5.41) is 11.7. The summed E-state index contributed by atoms with van der Waals surface area (Å²) in [5.41, 5.74) is 1.65. The van der Waals surface area contributed by atoms with E-state index < -0.39 is 11.5 Å². The Bertz CT molecular complexity index is 927. The molecule has 2 atom stereocenters. The highest BCUT2D eigenvalue weighted by Crippen LogP contribution is 2.39. The van der Waals surface area contributed by atoms with E-state index in [0.717, 1.165) is 25.1 Å². The van der Waals surface area contributed by atoms with Crippen LogP contribution < -0.4 is 0 Å². The van der Waals surface area contributed by atoms with Crippen LogP contribution in [0.3, 0.4) is 0 Å². The average molecular weight is 386 g/mol. The summed E-state index contributed by atoms with van der Waals surface area (Å²) in [6.07, 6.45) is 1.49. The second-order valence-electron chi connectivity index (χ2n) is 7.86. The van der Waals surface area contributed by atoms with Gasteiger partial charge in [0.2, 0.25) is 0 Å². The maximum Gasteiger partial charge on any atom is 0.170 e. The Hall–Kier alpha value is -2.75. The van der Waals surface area contributed by atoms with Crippen molar-refractivity contribution in [3.8, 4) is 0 Å². The van der Waals surface area contributed by atoms with Gasteiger partial charge in [-0.3, -0.25) is 4.79 Å². The van der Waals surface area contributed by atoms with Crippen LogP contribution >= 0.6 is 0 Å². The van der Waals surface area contributed by atoms with E-state index in [1.54, 1.807) is 0 Å². The minimum absolute atomic E-state index is 0.0152. The van der Waals surface area contributed by atoms with Crippen molar-refractivity contribution < 1.29 is 9.90 Å². The third kappa shape index (κ3) is 4.31. The van der Waals surface area contributed by atoms with Gasteiger partial charge in [0, 0.05) is 25.2 Å². The number of Topliss-reactive ketones (excluding diaryl/α,β-unsaturated/α-hetero) is 1. The van der Waals surface area contributed by atoms with Crippen molar-refractivity contribution in [3.63, 3.8) is 0 Å².